The van der Waals surface area contributed by atoms with Gasteiger partial charge in [0.25, 0.3) is 5.91 Å². The SMILES string of the molecule is CCn1c(O)c(N=NC(=O)c2cc(N)ccc2O)c2cc(Cl)ccc21. The molecular formula is C17H15ClN4O3. The van der Waals surface area contributed by atoms with Crippen molar-refractivity contribution in [2.45, 2.75) is 13.5 Å². The normalized spacial score (nSPS) is 11.4. The molecule has 0 aliphatic rings. The van der Waals surface area contributed by atoms with Gasteiger partial charge in [-0.15, -0.1) is 10.2 Å². The number of benzene rings is 2. The minimum Gasteiger partial charge on any atom is -0.507 e. The Hall–Kier alpha value is -3.06. The Labute approximate surface area is 148 Å². The minimum atomic E-state index is -0.774. The van der Waals surface area contributed by atoms with Gasteiger partial charge in [0.1, 0.15) is 5.75 Å². The molecule has 0 bridgehead atoms. The Morgan fingerprint density at radius 3 is 2.72 bits per heavy atom. The zero-order valence-electron chi connectivity index (χ0n) is 13.3. The first-order chi connectivity index (χ1) is 11.9. The Balaban J connectivity index is 2.07. The summed E-state index contributed by atoms with van der Waals surface area (Å²) in [6.45, 7) is 2.37. The van der Waals surface area contributed by atoms with E-state index in [1.807, 2.05) is 6.92 Å². The summed E-state index contributed by atoms with van der Waals surface area (Å²) in [6, 6.07) is 9.17. The van der Waals surface area contributed by atoms with Gasteiger partial charge in [-0.3, -0.25) is 4.79 Å². The number of amides is 1. The molecule has 1 aromatic heterocycles. The molecule has 0 atom stereocenters. The molecule has 0 radical (unpaired) electrons. The quantitative estimate of drug-likeness (QED) is 0.369. The molecule has 1 amide bonds. The summed E-state index contributed by atoms with van der Waals surface area (Å²) in [7, 11) is 0. The fourth-order valence-electron chi connectivity index (χ4n) is 2.59. The van der Waals surface area contributed by atoms with E-state index in [-0.39, 0.29) is 22.9 Å². The van der Waals surface area contributed by atoms with Crippen LogP contribution in [0.15, 0.2) is 46.6 Å². The third-order valence-electron chi connectivity index (χ3n) is 3.78. The maximum Gasteiger partial charge on any atom is 0.299 e. The molecule has 25 heavy (non-hydrogen) atoms. The second-order valence-corrected chi connectivity index (χ2v) is 5.80. The van der Waals surface area contributed by atoms with Crippen molar-refractivity contribution < 1.29 is 15.0 Å². The van der Waals surface area contributed by atoms with E-state index in [1.165, 1.54) is 18.2 Å². The molecule has 0 spiro atoms. The number of aromatic hydroxyl groups is 2. The molecule has 7 nitrogen and oxygen atoms in total. The minimum absolute atomic E-state index is 0.0690. The van der Waals surface area contributed by atoms with E-state index in [0.29, 0.717) is 22.6 Å². The zero-order valence-corrected chi connectivity index (χ0v) is 14.0. The maximum absolute atomic E-state index is 12.2. The van der Waals surface area contributed by atoms with E-state index in [9.17, 15) is 15.0 Å². The van der Waals surface area contributed by atoms with E-state index in [4.69, 9.17) is 17.3 Å². The molecule has 4 N–H and O–H groups in total. The number of rotatable bonds is 3. The average molecular weight is 359 g/mol. The summed E-state index contributed by atoms with van der Waals surface area (Å²) in [6.07, 6.45) is 0. The van der Waals surface area contributed by atoms with Crippen molar-refractivity contribution in [3.63, 3.8) is 0 Å². The topological polar surface area (TPSA) is 113 Å². The number of nitrogens with two attached hydrogens (primary N) is 1. The molecule has 0 saturated heterocycles. The van der Waals surface area contributed by atoms with Crippen molar-refractivity contribution in [2.75, 3.05) is 5.73 Å². The first-order valence-corrected chi connectivity index (χ1v) is 7.85. The van der Waals surface area contributed by atoms with Crippen LogP contribution < -0.4 is 5.73 Å². The number of phenolic OH excluding ortho intramolecular Hbond substituents is 1. The van der Waals surface area contributed by atoms with Crippen LogP contribution in [0.4, 0.5) is 11.4 Å². The van der Waals surface area contributed by atoms with Gasteiger partial charge in [0.05, 0.1) is 11.1 Å². The number of halogens is 1. The number of fused-ring (bicyclic) bond motifs is 1. The van der Waals surface area contributed by atoms with E-state index in [2.05, 4.69) is 10.2 Å². The molecular weight excluding hydrogens is 344 g/mol. The summed E-state index contributed by atoms with van der Waals surface area (Å²) in [4.78, 5) is 12.2. The van der Waals surface area contributed by atoms with Crippen molar-refractivity contribution >= 4 is 39.8 Å². The number of hydrogen-bond acceptors (Lipinski definition) is 5. The van der Waals surface area contributed by atoms with Crippen molar-refractivity contribution in [1.29, 1.82) is 0 Å². The van der Waals surface area contributed by atoms with Crippen LogP contribution in [0.25, 0.3) is 10.9 Å². The molecule has 0 fully saturated rings. The lowest BCUT2D eigenvalue weighted by molar-refractivity contribution is 0.0992. The molecule has 3 rings (SSSR count). The van der Waals surface area contributed by atoms with Gasteiger partial charge in [0, 0.05) is 22.6 Å². The van der Waals surface area contributed by atoms with Gasteiger partial charge in [-0.25, -0.2) is 0 Å². The van der Waals surface area contributed by atoms with E-state index >= 15 is 0 Å². The Morgan fingerprint density at radius 1 is 1.24 bits per heavy atom. The predicted octanol–water partition coefficient (Wildman–Crippen LogP) is 4.23. The van der Waals surface area contributed by atoms with Crippen LogP contribution in [0.2, 0.25) is 5.02 Å². The standard InChI is InChI=1S/C17H15ClN4O3/c1-2-22-13-5-3-9(18)7-11(13)15(17(22)25)20-21-16(24)12-8-10(19)4-6-14(12)23/h3-8,23,25H,2,19H2,1H3. The fourth-order valence-corrected chi connectivity index (χ4v) is 2.76. The van der Waals surface area contributed by atoms with E-state index in [1.54, 1.807) is 22.8 Å². The third-order valence-corrected chi connectivity index (χ3v) is 4.02. The smallest absolute Gasteiger partial charge is 0.299 e. The Bertz CT molecular complexity index is 1010. The van der Waals surface area contributed by atoms with Crippen molar-refractivity contribution in [3.05, 3.63) is 47.0 Å². The van der Waals surface area contributed by atoms with Crippen LogP contribution in [0, 0.1) is 0 Å². The molecule has 8 heteroatoms. The highest BCUT2D eigenvalue weighted by molar-refractivity contribution is 6.31. The van der Waals surface area contributed by atoms with E-state index < -0.39 is 5.91 Å². The first kappa shape index (κ1) is 16.8. The van der Waals surface area contributed by atoms with Gasteiger partial charge < -0.3 is 20.5 Å². The van der Waals surface area contributed by atoms with Crippen LogP contribution in [-0.2, 0) is 6.54 Å². The van der Waals surface area contributed by atoms with Gasteiger partial charge >= 0.3 is 0 Å². The lowest BCUT2D eigenvalue weighted by Gasteiger charge is -2.01. The highest BCUT2D eigenvalue weighted by Crippen LogP contribution is 2.40. The largest absolute Gasteiger partial charge is 0.507 e. The van der Waals surface area contributed by atoms with Crippen LogP contribution in [0.3, 0.4) is 0 Å². The van der Waals surface area contributed by atoms with Gasteiger partial charge in [-0.05, 0) is 43.3 Å². The number of aryl methyl sites for hydroxylation is 1. The third kappa shape index (κ3) is 3.01. The maximum atomic E-state index is 12.2. The van der Waals surface area contributed by atoms with Gasteiger partial charge in [0.2, 0.25) is 5.88 Å². The fraction of sp³-hybridized carbons (Fsp3) is 0.118. The number of azo groups is 1. The zero-order chi connectivity index (χ0) is 18.1. The van der Waals surface area contributed by atoms with Crippen molar-refractivity contribution in [2.24, 2.45) is 10.2 Å². The average Bonchev–Trinajstić information content (AvgIpc) is 2.85. The van der Waals surface area contributed by atoms with Crippen molar-refractivity contribution in [1.82, 2.24) is 4.57 Å². The van der Waals surface area contributed by atoms with Crippen LogP contribution in [0.5, 0.6) is 11.6 Å². The number of aromatic nitrogens is 1. The number of hydrogen-bond donors (Lipinski definition) is 3. The second kappa shape index (κ2) is 6.45. The molecule has 0 aliphatic heterocycles. The molecule has 0 unspecified atom stereocenters. The summed E-state index contributed by atoms with van der Waals surface area (Å²) in [5.41, 5.74) is 6.72. The predicted molar refractivity (Wildman–Crippen MR) is 95.7 cm³/mol. The van der Waals surface area contributed by atoms with Gasteiger partial charge in [-0.2, -0.15) is 0 Å². The molecule has 1 heterocycles. The number of nitrogen functional groups attached to an aromatic ring is 1. The first-order valence-electron chi connectivity index (χ1n) is 7.47. The molecule has 0 saturated carbocycles. The van der Waals surface area contributed by atoms with Crippen LogP contribution in [-0.4, -0.2) is 20.7 Å². The highest BCUT2D eigenvalue weighted by Gasteiger charge is 2.17. The molecule has 3 aromatic rings. The van der Waals surface area contributed by atoms with Crippen LogP contribution >= 0.6 is 11.6 Å². The van der Waals surface area contributed by atoms with E-state index in [0.717, 1.165) is 5.52 Å². The highest BCUT2D eigenvalue weighted by atomic mass is 35.5. The summed E-state index contributed by atoms with van der Waals surface area (Å²) in [5, 5.41) is 28.7. The number of carbonyl (C=O) groups is 1. The number of nitrogens with zero attached hydrogens (tertiary/aromatic N) is 3. The Kier molecular flexibility index (Phi) is 4.33. The monoisotopic (exact) mass is 358 g/mol. The summed E-state index contributed by atoms with van der Waals surface area (Å²) < 4.78 is 1.63. The molecule has 2 aromatic carbocycles. The summed E-state index contributed by atoms with van der Waals surface area (Å²) in [5.74, 6) is -1.14. The number of phenols is 1. The van der Waals surface area contributed by atoms with Crippen molar-refractivity contribution in [3.8, 4) is 11.6 Å². The van der Waals surface area contributed by atoms with Gasteiger partial charge in [0.15, 0.2) is 5.69 Å². The lowest BCUT2D eigenvalue weighted by atomic mass is 10.1. The second-order valence-electron chi connectivity index (χ2n) is 5.36. The lowest BCUT2D eigenvalue weighted by Crippen LogP contribution is -1.96. The summed E-state index contributed by atoms with van der Waals surface area (Å²) >= 11 is 6.02. The van der Waals surface area contributed by atoms with Crippen LogP contribution in [0.1, 0.15) is 17.3 Å². The van der Waals surface area contributed by atoms with Gasteiger partial charge in [-0.1, -0.05) is 11.6 Å². The Morgan fingerprint density at radius 2 is 2.00 bits per heavy atom. The number of anilines is 1. The number of carbonyl (C=O) groups excluding carboxylic acids is 1. The molecule has 0 aliphatic carbocycles. The molecule has 128 valence electrons.